The quantitative estimate of drug-likeness (QED) is 0.704. The lowest BCUT2D eigenvalue weighted by molar-refractivity contribution is 0.593. The first-order chi connectivity index (χ1) is 6.34. The molecule has 66 valence electrons. The lowest BCUT2D eigenvalue weighted by atomic mass is 10.5. The Hall–Kier alpha value is -2.11. The molecule has 6 heteroatoms. The van der Waals surface area contributed by atoms with Crippen molar-refractivity contribution < 1.29 is 4.42 Å². The summed E-state index contributed by atoms with van der Waals surface area (Å²) < 4.78 is 4.89. The zero-order valence-corrected chi connectivity index (χ0v) is 6.64. The summed E-state index contributed by atoms with van der Waals surface area (Å²) in [6.07, 6.45) is 1.65. The maximum atomic E-state index is 5.23. The second-order valence-electron chi connectivity index (χ2n) is 2.29. The van der Waals surface area contributed by atoms with Crippen LogP contribution in [-0.2, 0) is 0 Å². The molecular formula is C7H7N5O. The number of aromatic nitrogens is 3. The van der Waals surface area contributed by atoms with E-state index >= 15 is 0 Å². The van der Waals surface area contributed by atoms with E-state index in [1.54, 1.807) is 12.3 Å². The number of hydrogen-bond donors (Lipinski definition) is 2. The van der Waals surface area contributed by atoms with E-state index < -0.39 is 0 Å². The molecule has 0 bridgehead atoms. The first-order valence-electron chi connectivity index (χ1n) is 3.61. The molecule has 0 fully saturated rings. The van der Waals surface area contributed by atoms with Gasteiger partial charge in [0.25, 0.3) is 0 Å². The molecule has 2 rings (SSSR count). The molecule has 0 aliphatic heterocycles. The van der Waals surface area contributed by atoms with Crippen molar-refractivity contribution in [3.8, 4) is 0 Å². The van der Waals surface area contributed by atoms with Crippen LogP contribution in [-0.4, -0.2) is 15.2 Å². The van der Waals surface area contributed by atoms with E-state index in [0.717, 1.165) is 0 Å². The first-order valence-corrected chi connectivity index (χ1v) is 3.61. The molecule has 0 aromatic carbocycles. The lowest BCUT2D eigenvalue weighted by Crippen LogP contribution is -1.92. The fourth-order valence-electron chi connectivity index (χ4n) is 0.831. The summed E-state index contributed by atoms with van der Waals surface area (Å²) in [5, 5.41) is 9.90. The molecule has 0 unspecified atom stereocenters. The molecule has 0 saturated carbocycles. The van der Waals surface area contributed by atoms with Crippen LogP contribution >= 0.6 is 0 Å². The second-order valence-corrected chi connectivity index (χ2v) is 2.29. The third-order valence-electron chi connectivity index (χ3n) is 1.34. The number of nitrogens with zero attached hydrogens (tertiary/aromatic N) is 3. The molecule has 0 aliphatic rings. The van der Waals surface area contributed by atoms with Gasteiger partial charge in [0.1, 0.15) is 5.82 Å². The van der Waals surface area contributed by atoms with Gasteiger partial charge in [0.15, 0.2) is 0 Å². The number of nitrogens with two attached hydrogens (primary N) is 1. The van der Waals surface area contributed by atoms with E-state index in [2.05, 4.69) is 20.5 Å². The lowest BCUT2D eigenvalue weighted by Gasteiger charge is -1.96. The van der Waals surface area contributed by atoms with Crippen molar-refractivity contribution in [3.63, 3.8) is 0 Å². The topological polar surface area (TPSA) is 89.9 Å². The van der Waals surface area contributed by atoms with Crippen LogP contribution in [0, 0.1) is 0 Å². The fraction of sp³-hybridized carbons (Fsp3) is 0. The largest absolute Gasteiger partial charge is 0.389 e. The predicted octanol–water partition coefficient (Wildman–Crippen LogP) is 0.790. The number of anilines is 3. The highest BCUT2D eigenvalue weighted by Gasteiger charge is 2.01. The van der Waals surface area contributed by atoms with Crippen molar-refractivity contribution in [1.29, 1.82) is 0 Å². The van der Waals surface area contributed by atoms with Gasteiger partial charge in [-0.15, -0.1) is 0 Å². The van der Waals surface area contributed by atoms with Gasteiger partial charge < -0.3 is 10.2 Å². The molecule has 0 saturated heterocycles. The van der Waals surface area contributed by atoms with E-state index in [0.29, 0.717) is 5.82 Å². The number of pyridine rings is 1. The zero-order valence-electron chi connectivity index (χ0n) is 6.64. The first kappa shape index (κ1) is 7.53. The summed E-state index contributed by atoms with van der Waals surface area (Å²) in [6, 6.07) is 5.69. The Morgan fingerprint density at radius 2 is 2.23 bits per heavy atom. The summed E-state index contributed by atoms with van der Waals surface area (Å²) in [5.74, 6) is 0.631. The molecule has 6 nitrogen and oxygen atoms in total. The van der Waals surface area contributed by atoms with Crippen molar-refractivity contribution >= 4 is 17.8 Å². The van der Waals surface area contributed by atoms with Crippen LogP contribution in [0.1, 0.15) is 0 Å². The molecule has 3 N–H and O–H groups in total. The van der Waals surface area contributed by atoms with Crippen molar-refractivity contribution in [3.05, 3.63) is 24.4 Å². The van der Waals surface area contributed by atoms with Crippen molar-refractivity contribution in [1.82, 2.24) is 15.2 Å². The summed E-state index contributed by atoms with van der Waals surface area (Å²) in [4.78, 5) is 4.00. The predicted molar refractivity (Wildman–Crippen MR) is 46.2 cm³/mol. The van der Waals surface area contributed by atoms with Gasteiger partial charge in [0.2, 0.25) is 0 Å². The van der Waals surface area contributed by atoms with Crippen molar-refractivity contribution in [2.75, 3.05) is 11.1 Å². The highest BCUT2D eigenvalue weighted by molar-refractivity contribution is 5.45. The smallest absolute Gasteiger partial charge is 0.322 e. The van der Waals surface area contributed by atoms with Crippen LogP contribution in [0.25, 0.3) is 0 Å². The van der Waals surface area contributed by atoms with Gasteiger partial charge in [-0.2, -0.15) is 0 Å². The minimum Gasteiger partial charge on any atom is -0.389 e. The van der Waals surface area contributed by atoms with E-state index in [4.69, 9.17) is 10.2 Å². The minimum atomic E-state index is 0.0263. The third-order valence-corrected chi connectivity index (χ3v) is 1.34. The van der Waals surface area contributed by atoms with Gasteiger partial charge in [0.05, 0.1) is 0 Å². The molecule has 0 aliphatic carbocycles. The Labute approximate surface area is 73.8 Å². The average molecular weight is 177 g/mol. The Bertz CT molecular complexity index is 385. The molecule has 2 heterocycles. The maximum absolute atomic E-state index is 5.23. The standard InChI is InChI=1S/C7H7N5O/c8-6-11-12-7(13-6)10-5-3-1-2-4-9-5/h1-4H,(H2,8,11)(H,9,10,12). The minimum absolute atomic E-state index is 0.0263. The normalized spacial score (nSPS) is 9.85. The van der Waals surface area contributed by atoms with E-state index in [-0.39, 0.29) is 12.0 Å². The van der Waals surface area contributed by atoms with Crippen LogP contribution in [0.15, 0.2) is 28.8 Å². The molecule has 0 amide bonds. The van der Waals surface area contributed by atoms with Crippen LogP contribution in [0.3, 0.4) is 0 Å². The molecule has 13 heavy (non-hydrogen) atoms. The summed E-state index contributed by atoms with van der Waals surface area (Å²) in [7, 11) is 0. The van der Waals surface area contributed by atoms with E-state index in [9.17, 15) is 0 Å². The van der Waals surface area contributed by atoms with Crippen LogP contribution < -0.4 is 11.1 Å². The molecule has 0 spiro atoms. The highest BCUT2D eigenvalue weighted by Crippen LogP contribution is 2.12. The number of nitrogen functional groups attached to an aromatic ring is 1. The second kappa shape index (κ2) is 3.10. The fourth-order valence-corrected chi connectivity index (χ4v) is 0.831. The number of hydrogen-bond acceptors (Lipinski definition) is 6. The van der Waals surface area contributed by atoms with Gasteiger partial charge in [-0.05, 0) is 12.1 Å². The van der Waals surface area contributed by atoms with Crippen molar-refractivity contribution in [2.45, 2.75) is 0 Å². The Morgan fingerprint density at radius 3 is 2.85 bits per heavy atom. The molecular weight excluding hydrogens is 170 g/mol. The Kier molecular flexibility index (Phi) is 1.79. The monoisotopic (exact) mass is 177 g/mol. The Balaban J connectivity index is 2.15. The van der Waals surface area contributed by atoms with Gasteiger partial charge >= 0.3 is 12.0 Å². The number of nitrogens with one attached hydrogen (secondary N) is 1. The van der Waals surface area contributed by atoms with Crippen molar-refractivity contribution in [2.24, 2.45) is 0 Å². The van der Waals surface area contributed by atoms with E-state index in [1.165, 1.54) is 0 Å². The number of rotatable bonds is 2. The van der Waals surface area contributed by atoms with Gasteiger partial charge in [-0.3, -0.25) is 5.32 Å². The maximum Gasteiger partial charge on any atom is 0.322 e. The van der Waals surface area contributed by atoms with Gasteiger partial charge in [0, 0.05) is 6.20 Å². The summed E-state index contributed by atoms with van der Waals surface area (Å²) in [5.41, 5.74) is 5.23. The van der Waals surface area contributed by atoms with E-state index in [1.807, 2.05) is 12.1 Å². The zero-order chi connectivity index (χ0) is 9.10. The highest BCUT2D eigenvalue weighted by atomic mass is 16.4. The van der Waals surface area contributed by atoms with Gasteiger partial charge in [-0.25, -0.2) is 4.98 Å². The van der Waals surface area contributed by atoms with Crippen LogP contribution in [0.5, 0.6) is 0 Å². The molecule has 2 aromatic rings. The molecule has 2 aromatic heterocycles. The van der Waals surface area contributed by atoms with Crippen LogP contribution in [0.4, 0.5) is 17.8 Å². The molecule has 0 radical (unpaired) electrons. The summed E-state index contributed by atoms with van der Waals surface area (Å²) >= 11 is 0. The summed E-state index contributed by atoms with van der Waals surface area (Å²) in [6.45, 7) is 0. The van der Waals surface area contributed by atoms with Gasteiger partial charge in [-0.1, -0.05) is 16.3 Å². The third kappa shape index (κ3) is 1.73. The SMILES string of the molecule is Nc1nnc(Nc2ccccn2)o1. The average Bonchev–Trinajstić information content (AvgIpc) is 2.53. The Morgan fingerprint density at radius 1 is 1.31 bits per heavy atom. The molecule has 0 atom stereocenters. The van der Waals surface area contributed by atoms with Crippen LogP contribution in [0.2, 0.25) is 0 Å².